The molecule has 234 valence electrons. The van der Waals surface area contributed by atoms with E-state index >= 15 is 0 Å². The Morgan fingerprint density at radius 1 is 0.340 bits per heavy atom. The molecule has 0 saturated heterocycles. The average molecular weight is 641 g/mol. The molecule has 0 radical (unpaired) electrons. The molecule has 8 rings (SSSR count). The molecule has 0 amide bonds. The van der Waals surface area contributed by atoms with Gasteiger partial charge in [-0.05, 0) is 58.7 Å². The van der Waals surface area contributed by atoms with Crippen LogP contribution >= 0.6 is 0 Å². The third-order valence-electron chi connectivity index (χ3n) is 8.48. The zero-order chi connectivity index (χ0) is 33.7. The van der Waals surface area contributed by atoms with Crippen molar-refractivity contribution in [1.82, 2.24) is 25.1 Å². The van der Waals surface area contributed by atoms with Crippen molar-refractivity contribution in [3.63, 3.8) is 0 Å². The summed E-state index contributed by atoms with van der Waals surface area (Å²) in [6, 6.07) is 58.4. The lowest BCUT2D eigenvalue weighted by Crippen LogP contribution is -2.00. The number of hydrogen-bond acceptors (Lipinski definition) is 6. The summed E-state index contributed by atoms with van der Waals surface area (Å²) in [6.07, 6.45) is 0. The molecule has 0 saturated carbocycles. The molecule has 0 spiro atoms. The van der Waals surface area contributed by atoms with Crippen molar-refractivity contribution in [2.24, 2.45) is 0 Å². The van der Waals surface area contributed by atoms with E-state index in [4.69, 9.17) is 15.0 Å². The van der Waals surface area contributed by atoms with Crippen LogP contribution in [0.5, 0.6) is 0 Å². The monoisotopic (exact) mass is 640 g/mol. The fraction of sp³-hybridized carbons (Fsp3) is 0. The second-order valence-corrected chi connectivity index (χ2v) is 11.7. The fourth-order valence-electron chi connectivity index (χ4n) is 5.96. The van der Waals surface area contributed by atoms with Gasteiger partial charge < -0.3 is 0 Å². The summed E-state index contributed by atoms with van der Waals surface area (Å²) in [7, 11) is 0. The minimum absolute atomic E-state index is 0.567. The number of nitriles is 1. The molecule has 0 fully saturated rings. The molecule has 6 heteroatoms. The first kappa shape index (κ1) is 30.2. The SMILES string of the molecule is N#Cc1ccc(-c2cccc(-c3ccc(-c4ccccc4)nn3)c2)c(-c2cccc(-c3nc(-c4ccccc4)nc(-c4ccccc4)n3)c2)c1. The maximum atomic E-state index is 9.89. The molecule has 0 aliphatic rings. The van der Waals surface area contributed by atoms with Gasteiger partial charge in [-0.25, -0.2) is 15.0 Å². The predicted octanol–water partition coefficient (Wildman–Crippen LogP) is 10.2. The van der Waals surface area contributed by atoms with Crippen molar-refractivity contribution in [3.8, 4) is 85.0 Å². The van der Waals surface area contributed by atoms with E-state index < -0.39 is 0 Å². The molecule has 0 N–H and O–H groups in total. The van der Waals surface area contributed by atoms with E-state index in [9.17, 15) is 5.26 Å². The molecule has 8 aromatic rings. The third kappa shape index (κ3) is 6.27. The highest BCUT2D eigenvalue weighted by molar-refractivity contribution is 5.87. The summed E-state index contributed by atoms with van der Waals surface area (Å²) in [4.78, 5) is 14.7. The Hall–Kier alpha value is -7.10. The normalized spacial score (nSPS) is 10.8. The lowest BCUT2D eigenvalue weighted by Gasteiger charge is -2.14. The van der Waals surface area contributed by atoms with E-state index in [0.717, 1.165) is 61.5 Å². The highest BCUT2D eigenvalue weighted by Crippen LogP contribution is 2.36. The first-order valence-electron chi connectivity index (χ1n) is 16.2. The van der Waals surface area contributed by atoms with Gasteiger partial charge in [-0.3, -0.25) is 0 Å². The lowest BCUT2D eigenvalue weighted by molar-refractivity contribution is 1.04. The molecule has 0 aliphatic carbocycles. The molecule has 6 aromatic carbocycles. The molecule has 0 aliphatic heterocycles. The van der Waals surface area contributed by atoms with Crippen molar-refractivity contribution in [1.29, 1.82) is 5.26 Å². The summed E-state index contributed by atoms with van der Waals surface area (Å²) >= 11 is 0. The van der Waals surface area contributed by atoms with Gasteiger partial charge in [-0.15, -0.1) is 10.2 Å². The van der Waals surface area contributed by atoms with Crippen LogP contribution in [0.1, 0.15) is 5.56 Å². The highest BCUT2D eigenvalue weighted by atomic mass is 15.1. The van der Waals surface area contributed by atoms with Gasteiger partial charge in [-0.1, -0.05) is 133 Å². The highest BCUT2D eigenvalue weighted by Gasteiger charge is 2.15. The predicted molar refractivity (Wildman–Crippen MR) is 198 cm³/mol. The fourth-order valence-corrected chi connectivity index (χ4v) is 5.96. The standard InChI is InChI=1S/C44H28N6/c45-29-30-22-23-38(34-18-10-20-36(27-34)41-25-24-40(49-50-41)31-12-4-1-5-13-31)39(26-30)35-19-11-21-37(28-35)44-47-42(32-14-6-2-7-15-32)46-43(48-44)33-16-8-3-9-17-33/h1-28H. The second-order valence-electron chi connectivity index (χ2n) is 11.7. The van der Waals surface area contributed by atoms with Crippen molar-refractivity contribution in [3.05, 3.63) is 175 Å². The largest absolute Gasteiger partial charge is 0.208 e. The Morgan fingerprint density at radius 3 is 1.34 bits per heavy atom. The van der Waals surface area contributed by atoms with Gasteiger partial charge in [0.1, 0.15) is 0 Å². The first-order chi connectivity index (χ1) is 24.7. The van der Waals surface area contributed by atoms with Crippen molar-refractivity contribution in [2.45, 2.75) is 0 Å². The Kier molecular flexibility index (Phi) is 8.20. The smallest absolute Gasteiger partial charge is 0.164 e. The first-order valence-corrected chi connectivity index (χ1v) is 16.2. The van der Waals surface area contributed by atoms with Gasteiger partial charge in [0.25, 0.3) is 0 Å². The maximum absolute atomic E-state index is 9.89. The average Bonchev–Trinajstić information content (AvgIpc) is 3.21. The molecule has 0 unspecified atom stereocenters. The van der Waals surface area contributed by atoms with Crippen LogP contribution < -0.4 is 0 Å². The quantitative estimate of drug-likeness (QED) is 0.172. The zero-order valence-corrected chi connectivity index (χ0v) is 26.8. The van der Waals surface area contributed by atoms with Crippen molar-refractivity contribution < 1.29 is 0 Å². The molecular weight excluding hydrogens is 613 g/mol. The van der Waals surface area contributed by atoms with Crippen LogP contribution in [0.15, 0.2) is 170 Å². The zero-order valence-electron chi connectivity index (χ0n) is 26.8. The number of hydrogen-bond donors (Lipinski definition) is 0. The summed E-state index contributed by atoms with van der Waals surface area (Å²) in [5.74, 6) is 1.77. The van der Waals surface area contributed by atoms with Crippen LogP contribution in [-0.2, 0) is 0 Å². The minimum Gasteiger partial charge on any atom is -0.208 e. The third-order valence-corrected chi connectivity index (χ3v) is 8.48. The molecule has 0 atom stereocenters. The van der Waals surface area contributed by atoms with Crippen molar-refractivity contribution >= 4 is 0 Å². The van der Waals surface area contributed by atoms with Crippen LogP contribution in [0.3, 0.4) is 0 Å². The Balaban J connectivity index is 1.20. The van der Waals surface area contributed by atoms with Gasteiger partial charge in [0.05, 0.1) is 23.0 Å². The Bertz CT molecular complexity index is 2420. The lowest BCUT2D eigenvalue weighted by atomic mass is 9.91. The Labute approximate surface area is 290 Å². The summed E-state index contributed by atoms with van der Waals surface area (Å²) in [5, 5.41) is 18.9. The molecule has 0 bridgehead atoms. The summed E-state index contributed by atoms with van der Waals surface area (Å²) in [6.45, 7) is 0. The van der Waals surface area contributed by atoms with Gasteiger partial charge >= 0.3 is 0 Å². The van der Waals surface area contributed by atoms with Crippen LogP contribution in [0.25, 0.3) is 78.9 Å². The van der Waals surface area contributed by atoms with E-state index in [1.807, 2.05) is 146 Å². The number of rotatable bonds is 7. The van der Waals surface area contributed by atoms with Gasteiger partial charge in [-0.2, -0.15) is 5.26 Å². The van der Waals surface area contributed by atoms with E-state index in [-0.39, 0.29) is 0 Å². The van der Waals surface area contributed by atoms with Crippen LogP contribution in [0, 0.1) is 11.3 Å². The molecular formula is C44H28N6. The number of aromatic nitrogens is 5. The van der Waals surface area contributed by atoms with Crippen LogP contribution in [0.2, 0.25) is 0 Å². The van der Waals surface area contributed by atoms with Crippen LogP contribution in [-0.4, -0.2) is 25.1 Å². The number of nitrogens with zero attached hydrogens (tertiary/aromatic N) is 6. The molecule has 50 heavy (non-hydrogen) atoms. The van der Waals surface area contributed by atoms with Gasteiger partial charge in [0.2, 0.25) is 0 Å². The topological polar surface area (TPSA) is 88.2 Å². The van der Waals surface area contributed by atoms with E-state index in [2.05, 4.69) is 40.5 Å². The molecule has 2 aromatic heterocycles. The summed E-state index contributed by atoms with van der Waals surface area (Å²) in [5.41, 5.74) is 10.7. The minimum atomic E-state index is 0.567. The summed E-state index contributed by atoms with van der Waals surface area (Å²) < 4.78 is 0. The maximum Gasteiger partial charge on any atom is 0.164 e. The molecule has 6 nitrogen and oxygen atoms in total. The second kappa shape index (κ2) is 13.6. The van der Waals surface area contributed by atoms with Crippen molar-refractivity contribution in [2.75, 3.05) is 0 Å². The van der Waals surface area contributed by atoms with Gasteiger partial charge in [0, 0.05) is 27.8 Å². The number of benzene rings is 6. The van der Waals surface area contributed by atoms with Gasteiger partial charge in [0.15, 0.2) is 17.5 Å². The van der Waals surface area contributed by atoms with Crippen LogP contribution in [0.4, 0.5) is 0 Å². The molecule has 2 heterocycles. The van der Waals surface area contributed by atoms with E-state index in [1.54, 1.807) is 0 Å². The Morgan fingerprint density at radius 2 is 0.780 bits per heavy atom. The van der Waals surface area contributed by atoms with E-state index in [0.29, 0.717) is 23.0 Å². The van der Waals surface area contributed by atoms with E-state index in [1.165, 1.54) is 0 Å².